The van der Waals surface area contributed by atoms with Gasteiger partial charge in [-0.15, -0.1) is 0 Å². The van der Waals surface area contributed by atoms with E-state index in [4.69, 9.17) is 21.7 Å². The number of para-hydroxylation sites is 4. The van der Waals surface area contributed by atoms with Gasteiger partial charge in [-0.1, -0.05) is 42.5 Å². The van der Waals surface area contributed by atoms with Gasteiger partial charge in [0.1, 0.15) is 17.1 Å². The maximum absolute atomic E-state index is 13.6. The molecule has 0 saturated heterocycles. The molecular formula is C26H22N4O5S. The molecule has 0 saturated carbocycles. The molecule has 0 aliphatic rings. The maximum atomic E-state index is 13.6. The van der Waals surface area contributed by atoms with Crippen molar-refractivity contribution in [1.82, 2.24) is 14.6 Å². The van der Waals surface area contributed by atoms with Gasteiger partial charge in [0.15, 0.2) is 4.77 Å². The minimum absolute atomic E-state index is 0.0306. The number of methoxy groups -OCH3 is 2. The predicted octanol–water partition coefficient (Wildman–Crippen LogP) is 3.84. The van der Waals surface area contributed by atoms with E-state index in [1.165, 1.54) is 23.4 Å². The summed E-state index contributed by atoms with van der Waals surface area (Å²) >= 11 is 5.66. The summed E-state index contributed by atoms with van der Waals surface area (Å²) in [5.41, 5.74) is 2.64. The van der Waals surface area contributed by atoms with Crippen LogP contribution in [0.25, 0.3) is 11.4 Å². The Kier molecular flexibility index (Phi) is 7.26. The molecule has 182 valence electrons. The van der Waals surface area contributed by atoms with Crippen molar-refractivity contribution in [3.05, 3.63) is 105 Å². The summed E-state index contributed by atoms with van der Waals surface area (Å²) in [6.45, 7) is 0. The van der Waals surface area contributed by atoms with Crippen LogP contribution in [0.15, 0.2) is 88.8 Å². The molecule has 4 aromatic rings. The molecule has 0 bridgehead atoms. The van der Waals surface area contributed by atoms with E-state index in [1.54, 1.807) is 78.9 Å². The first-order chi connectivity index (χ1) is 17.5. The number of hydrazone groups is 1. The van der Waals surface area contributed by atoms with E-state index >= 15 is 0 Å². The van der Waals surface area contributed by atoms with Gasteiger partial charge in [0.05, 0.1) is 31.8 Å². The average molecular weight is 503 g/mol. The Morgan fingerprint density at radius 2 is 1.42 bits per heavy atom. The van der Waals surface area contributed by atoms with Crippen molar-refractivity contribution < 1.29 is 19.4 Å². The third-order valence-electron chi connectivity index (χ3n) is 5.32. The van der Waals surface area contributed by atoms with E-state index in [2.05, 4.69) is 10.5 Å². The molecule has 9 nitrogen and oxygen atoms in total. The number of ether oxygens (including phenoxy) is 2. The van der Waals surface area contributed by atoms with Crippen molar-refractivity contribution in [2.75, 3.05) is 14.2 Å². The number of nitrogens with one attached hydrogen (secondary N) is 1. The molecule has 10 heteroatoms. The molecule has 0 aliphatic heterocycles. The van der Waals surface area contributed by atoms with Gasteiger partial charge >= 0.3 is 0 Å². The summed E-state index contributed by atoms with van der Waals surface area (Å²) in [4.78, 5) is 26.0. The number of hydrogen-bond acceptors (Lipinski definition) is 7. The van der Waals surface area contributed by atoms with Crippen LogP contribution >= 0.6 is 12.2 Å². The van der Waals surface area contributed by atoms with Gasteiger partial charge in [-0.25, -0.2) is 9.99 Å². The van der Waals surface area contributed by atoms with E-state index < -0.39 is 17.3 Å². The lowest BCUT2D eigenvalue weighted by molar-refractivity contribution is 0.0955. The van der Waals surface area contributed by atoms with Crippen LogP contribution in [0.4, 0.5) is 0 Å². The Balaban J connectivity index is 1.93. The molecule has 1 aromatic heterocycles. The topological polar surface area (TPSA) is 107 Å². The summed E-state index contributed by atoms with van der Waals surface area (Å²) in [6, 6.07) is 22.2. The first-order valence-electron chi connectivity index (χ1n) is 10.7. The molecule has 0 unspecified atom stereocenters. The van der Waals surface area contributed by atoms with Crippen LogP contribution in [0.2, 0.25) is 0 Å². The fourth-order valence-electron chi connectivity index (χ4n) is 3.60. The number of rotatable bonds is 7. The Morgan fingerprint density at radius 3 is 2.00 bits per heavy atom. The molecule has 2 N–H and O–H groups in total. The molecule has 1 heterocycles. The second-order valence-corrected chi connectivity index (χ2v) is 7.77. The van der Waals surface area contributed by atoms with E-state index in [1.807, 2.05) is 0 Å². The van der Waals surface area contributed by atoms with Gasteiger partial charge in [0, 0.05) is 5.56 Å². The summed E-state index contributed by atoms with van der Waals surface area (Å²) in [5, 5.41) is 15.1. The van der Waals surface area contributed by atoms with Crippen molar-refractivity contribution in [2.24, 2.45) is 5.10 Å². The van der Waals surface area contributed by atoms with E-state index in [0.717, 1.165) is 6.21 Å². The van der Waals surface area contributed by atoms with Gasteiger partial charge in [-0.3, -0.25) is 14.2 Å². The average Bonchev–Trinajstić information content (AvgIpc) is 2.91. The van der Waals surface area contributed by atoms with Crippen molar-refractivity contribution >= 4 is 24.3 Å². The Hall–Kier alpha value is -4.70. The number of hydrogen-bond donors (Lipinski definition) is 2. The normalized spacial score (nSPS) is 10.8. The van der Waals surface area contributed by atoms with E-state index in [-0.39, 0.29) is 10.3 Å². The molecule has 1 amide bonds. The highest BCUT2D eigenvalue weighted by Crippen LogP contribution is 2.29. The highest BCUT2D eigenvalue weighted by Gasteiger charge is 2.21. The largest absolute Gasteiger partial charge is 0.495 e. The van der Waals surface area contributed by atoms with Gasteiger partial charge in [0.2, 0.25) is 5.88 Å². The van der Waals surface area contributed by atoms with Gasteiger partial charge in [-0.2, -0.15) is 5.10 Å². The molecule has 36 heavy (non-hydrogen) atoms. The molecule has 0 aliphatic carbocycles. The Bertz CT molecular complexity index is 1560. The molecule has 0 spiro atoms. The highest BCUT2D eigenvalue weighted by molar-refractivity contribution is 7.71. The molecule has 4 rings (SSSR count). The standard InChI is InChI=1S/C26H22N4O5S/c1-34-21-14-8-6-12-19(21)29-24(32)18(16-27-28-23(31)17-10-4-3-5-11-17)25(33)30(26(29)36)20-13-7-9-15-22(20)35-2/h3-16,32H,1-2H3,(H,28,31)/b27-16+. The summed E-state index contributed by atoms with van der Waals surface area (Å²) in [5.74, 6) is -0.148. The molecule has 3 aromatic carbocycles. The molecule has 0 radical (unpaired) electrons. The lowest BCUT2D eigenvalue weighted by atomic mass is 10.2. The number of amides is 1. The molecule has 0 fully saturated rings. The van der Waals surface area contributed by atoms with Crippen LogP contribution in [0.1, 0.15) is 15.9 Å². The lowest BCUT2D eigenvalue weighted by Crippen LogP contribution is -2.28. The first kappa shape index (κ1) is 24.4. The number of carbonyl (C=O) groups is 1. The van der Waals surface area contributed by atoms with Gasteiger partial charge in [-0.05, 0) is 48.6 Å². The van der Waals surface area contributed by atoms with Crippen LogP contribution in [-0.2, 0) is 0 Å². The third kappa shape index (κ3) is 4.62. The minimum atomic E-state index is -0.661. The zero-order chi connectivity index (χ0) is 25.7. The fraction of sp³-hybridized carbons (Fsp3) is 0.0769. The third-order valence-corrected chi connectivity index (χ3v) is 5.68. The number of nitrogens with zero attached hydrogens (tertiary/aromatic N) is 3. The van der Waals surface area contributed by atoms with E-state index in [9.17, 15) is 14.7 Å². The van der Waals surface area contributed by atoms with Crippen molar-refractivity contribution in [3.8, 4) is 28.8 Å². The maximum Gasteiger partial charge on any atom is 0.271 e. The fourth-order valence-corrected chi connectivity index (χ4v) is 3.96. The van der Waals surface area contributed by atoms with Crippen LogP contribution in [0.5, 0.6) is 17.4 Å². The smallest absolute Gasteiger partial charge is 0.271 e. The zero-order valence-corrected chi connectivity index (χ0v) is 20.2. The Morgan fingerprint density at radius 1 is 0.889 bits per heavy atom. The number of aromatic nitrogens is 2. The lowest BCUT2D eigenvalue weighted by Gasteiger charge is -2.19. The summed E-state index contributed by atoms with van der Waals surface area (Å²) in [7, 11) is 2.96. The van der Waals surface area contributed by atoms with Gasteiger partial charge < -0.3 is 14.6 Å². The predicted molar refractivity (Wildman–Crippen MR) is 138 cm³/mol. The zero-order valence-electron chi connectivity index (χ0n) is 19.4. The summed E-state index contributed by atoms with van der Waals surface area (Å²) < 4.78 is 13.4. The number of benzene rings is 3. The molecule has 0 atom stereocenters. The monoisotopic (exact) mass is 502 g/mol. The van der Waals surface area contributed by atoms with Gasteiger partial charge in [0.25, 0.3) is 11.5 Å². The van der Waals surface area contributed by atoms with Crippen LogP contribution in [0, 0.1) is 4.77 Å². The second kappa shape index (κ2) is 10.7. The minimum Gasteiger partial charge on any atom is -0.495 e. The Labute approximate surface area is 211 Å². The SMILES string of the molecule is COc1ccccc1-n1c(O)c(/C=N/NC(=O)c2ccccc2)c(=O)n(-c2ccccc2OC)c1=S. The van der Waals surface area contributed by atoms with Crippen molar-refractivity contribution in [1.29, 1.82) is 0 Å². The van der Waals surface area contributed by atoms with Crippen LogP contribution in [-0.4, -0.2) is 40.6 Å². The van der Waals surface area contributed by atoms with E-state index in [0.29, 0.717) is 28.4 Å². The highest BCUT2D eigenvalue weighted by atomic mass is 32.1. The quantitative estimate of drug-likeness (QED) is 0.226. The van der Waals surface area contributed by atoms with Crippen LogP contribution in [0.3, 0.4) is 0 Å². The number of aromatic hydroxyl groups is 1. The first-order valence-corrected chi connectivity index (χ1v) is 11.1. The second-order valence-electron chi connectivity index (χ2n) is 7.40. The van der Waals surface area contributed by atoms with Crippen molar-refractivity contribution in [2.45, 2.75) is 0 Å². The number of carbonyl (C=O) groups excluding carboxylic acids is 1. The van der Waals surface area contributed by atoms with Crippen LogP contribution < -0.4 is 20.5 Å². The molecular weight excluding hydrogens is 480 g/mol. The van der Waals surface area contributed by atoms with Crippen molar-refractivity contribution in [3.63, 3.8) is 0 Å². The summed E-state index contributed by atoms with van der Waals surface area (Å²) in [6.07, 6.45) is 1.07.